The van der Waals surface area contributed by atoms with Gasteiger partial charge in [0.25, 0.3) is 5.91 Å². The second-order valence-corrected chi connectivity index (χ2v) is 3.90. The van der Waals surface area contributed by atoms with Gasteiger partial charge in [-0.15, -0.1) is 0 Å². The van der Waals surface area contributed by atoms with Crippen LogP contribution in [-0.4, -0.2) is 10.9 Å². The Morgan fingerprint density at radius 3 is 2.56 bits per heavy atom. The summed E-state index contributed by atoms with van der Waals surface area (Å²) in [5, 5.41) is 0. The minimum atomic E-state index is -0.506. The topological polar surface area (TPSA) is 69.1 Å². The molecule has 3 rings (SSSR count). The lowest BCUT2D eigenvalue weighted by Crippen LogP contribution is -2.11. The van der Waals surface area contributed by atoms with Crippen LogP contribution in [0.5, 0.6) is 0 Å². The van der Waals surface area contributed by atoms with Gasteiger partial charge in [0.1, 0.15) is 5.52 Å². The monoisotopic (exact) mass is 238 g/mol. The fourth-order valence-electron chi connectivity index (χ4n) is 1.85. The van der Waals surface area contributed by atoms with Crippen molar-refractivity contribution >= 4 is 17.0 Å². The summed E-state index contributed by atoms with van der Waals surface area (Å²) in [5.74, 6) is -0.0205. The number of benzene rings is 2. The molecule has 3 aromatic rings. The molecule has 0 aliphatic heterocycles. The maximum Gasteiger partial charge on any atom is 0.251 e. The normalized spacial score (nSPS) is 10.7. The summed E-state index contributed by atoms with van der Waals surface area (Å²) < 4.78 is 5.63. The van der Waals surface area contributed by atoms with Crippen molar-refractivity contribution in [3.8, 4) is 11.5 Å². The van der Waals surface area contributed by atoms with Gasteiger partial charge in [-0.3, -0.25) is 4.79 Å². The van der Waals surface area contributed by atoms with Crippen molar-refractivity contribution in [1.29, 1.82) is 0 Å². The molecule has 0 fully saturated rings. The van der Waals surface area contributed by atoms with Gasteiger partial charge < -0.3 is 10.2 Å². The molecule has 0 aliphatic rings. The van der Waals surface area contributed by atoms with Gasteiger partial charge in [-0.1, -0.05) is 24.3 Å². The number of hydrogen-bond acceptors (Lipinski definition) is 3. The molecule has 18 heavy (non-hydrogen) atoms. The predicted molar refractivity (Wildman–Crippen MR) is 68.0 cm³/mol. The molecule has 0 spiro atoms. The van der Waals surface area contributed by atoms with Crippen LogP contribution in [-0.2, 0) is 0 Å². The number of aromatic nitrogens is 1. The average Bonchev–Trinajstić information content (AvgIpc) is 2.83. The summed E-state index contributed by atoms with van der Waals surface area (Å²) >= 11 is 0. The van der Waals surface area contributed by atoms with Crippen molar-refractivity contribution in [3.63, 3.8) is 0 Å². The molecular weight excluding hydrogens is 228 g/mol. The Morgan fingerprint density at radius 2 is 1.83 bits per heavy atom. The molecule has 0 unspecified atom stereocenters. The zero-order valence-electron chi connectivity index (χ0n) is 9.46. The highest BCUT2D eigenvalue weighted by atomic mass is 16.3. The van der Waals surface area contributed by atoms with Crippen LogP contribution in [0, 0.1) is 0 Å². The first-order valence-electron chi connectivity index (χ1n) is 5.50. The van der Waals surface area contributed by atoms with E-state index in [1.54, 1.807) is 18.2 Å². The first kappa shape index (κ1) is 10.5. The SMILES string of the molecule is NC(=O)c1cccc2oc(-c3ccccc3)nc12. The van der Waals surface area contributed by atoms with Crippen molar-refractivity contribution < 1.29 is 9.21 Å². The van der Waals surface area contributed by atoms with Crippen LogP contribution in [0.15, 0.2) is 52.9 Å². The van der Waals surface area contributed by atoms with Crippen molar-refractivity contribution in [2.45, 2.75) is 0 Å². The average molecular weight is 238 g/mol. The lowest BCUT2D eigenvalue weighted by atomic mass is 10.2. The number of nitrogens with zero attached hydrogens (tertiary/aromatic N) is 1. The number of primary amides is 1. The van der Waals surface area contributed by atoms with E-state index in [-0.39, 0.29) is 0 Å². The largest absolute Gasteiger partial charge is 0.436 e. The standard InChI is InChI=1S/C14H10N2O2/c15-13(17)10-7-4-8-11-12(10)16-14(18-11)9-5-2-1-3-6-9/h1-8H,(H2,15,17). The van der Waals surface area contributed by atoms with Crippen molar-refractivity contribution in [2.75, 3.05) is 0 Å². The van der Waals surface area contributed by atoms with Gasteiger partial charge in [0.05, 0.1) is 5.56 Å². The van der Waals surface area contributed by atoms with Crippen molar-refractivity contribution in [2.24, 2.45) is 5.73 Å². The van der Waals surface area contributed by atoms with Crippen LogP contribution in [0.2, 0.25) is 0 Å². The van der Waals surface area contributed by atoms with E-state index in [0.29, 0.717) is 22.6 Å². The smallest absolute Gasteiger partial charge is 0.251 e. The Morgan fingerprint density at radius 1 is 1.06 bits per heavy atom. The number of carbonyl (C=O) groups is 1. The van der Waals surface area contributed by atoms with Gasteiger partial charge in [0, 0.05) is 5.56 Å². The Bertz CT molecular complexity index is 717. The fraction of sp³-hybridized carbons (Fsp3) is 0. The zero-order chi connectivity index (χ0) is 12.5. The van der Waals surface area contributed by atoms with Gasteiger partial charge in [-0.05, 0) is 24.3 Å². The summed E-state index contributed by atoms with van der Waals surface area (Å²) in [4.78, 5) is 15.6. The maximum atomic E-state index is 11.3. The molecule has 0 saturated carbocycles. The van der Waals surface area contributed by atoms with E-state index in [1.807, 2.05) is 30.3 Å². The zero-order valence-corrected chi connectivity index (χ0v) is 9.46. The lowest BCUT2D eigenvalue weighted by molar-refractivity contribution is 0.100. The molecule has 2 aromatic carbocycles. The summed E-state index contributed by atoms with van der Waals surface area (Å²) in [6.07, 6.45) is 0. The number of hydrogen-bond donors (Lipinski definition) is 1. The summed E-state index contributed by atoms with van der Waals surface area (Å²) in [7, 11) is 0. The van der Waals surface area contributed by atoms with Gasteiger partial charge >= 0.3 is 0 Å². The lowest BCUT2D eigenvalue weighted by Gasteiger charge is -1.93. The van der Waals surface area contributed by atoms with E-state index < -0.39 is 5.91 Å². The van der Waals surface area contributed by atoms with Gasteiger partial charge in [0.15, 0.2) is 5.58 Å². The van der Waals surface area contributed by atoms with Crippen LogP contribution >= 0.6 is 0 Å². The molecule has 88 valence electrons. The second-order valence-electron chi connectivity index (χ2n) is 3.90. The number of carbonyl (C=O) groups excluding carboxylic acids is 1. The van der Waals surface area contributed by atoms with Gasteiger partial charge in [0.2, 0.25) is 5.89 Å². The van der Waals surface area contributed by atoms with Crippen LogP contribution in [0.4, 0.5) is 0 Å². The third-order valence-corrected chi connectivity index (χ3v) is 2.71. The third kappa shape index (κ3) is 1.64. The Balaban J connectivity index is 2.23. The van der Waals surface area contributed by atoms with Crippen molar-refractivity contribution in [3.05, 3.63) is 54.1 Å². The molecule has 0 radical (unpaired) electrons. The number of amides is 1. The van der Waals surface area contributed by atoms with E-state index in [9.17, 15) is 4.79 Å². The molecule has 2 N–H and O–H groups in total. The van der Waals surface area contributed by atoms with E-state index >= 15 is 0 Å². The molecular formula is C14H10N2O2. The highest BCUT2D eigenvalue weighted by Gasteiger charge is 2.13. The third-order valence-electron chi connectivity index (χ3n) is 2.71. The van der Waals surface area contributed by atoms with Crippen molar-refractivity contribution in [1.82, 2.24) is 4.98 Å². The van der Waals surface area contributed by atoms with Crippen LogP contribution in [0.1, 0.15) is 10.4 Å². The predicted octanol–water partition coefficient (Wildman–Crippen LogP) is 2.59. The molecule has 1 amide bonds. The molecule has 0 atom stereocenters. The minimum absolute atomic E-state index is 0.374. The summed E-state index contributed by atoms with van der Waals surface area (Å²) in [5.41, 5.74) is 7.61. The van der Waals surface area contributed by atoms with E-state index in [0.717, 1.165) is 5.56 Å². The van der Waals surface area contributed by atoms with Crippen LogP contribution < -0.4 is 5.73 Å². The van der Waals surface area contributed by atoms with Gasteiger partial charge in [-0.25, -0.2) is 4.98 Å². The Kier molecular flexibility index (Phi) is 2.34. The molecule has 0 aliphatic carbocycles. The maximum absolute atomic E-state index is 11.3. The molecule has 4 heteroatoms. The van der Waals surface area contributed by atoms with E-state index in [4.69, 9.17) is 10.2 Å². The highest BCUT2D eigenvalue weighted by molar-refractivity contribution is 6.03. The number of nitrogens with two attached hydrogens (primary N) is 1. The molecule has 0 bridgehead atoms. The second kappa shape index (κ2) is 4.00. The first-order chi connectivity index (χ1) is 8.75. The Labute approximate surface area is 103 Å². The quantitative estimate of drug-likeness (QED) is 0.746. The number of rotatable bonds is 2. The van der Waals surface area contributed by atoms with E-state index in [1.165, 1.54) is 0 Å². The molecule has 1 heterocycles. The van der Waals surface area contributed by atoms with Crippen LogP contribution in [0.25, 0.3) is 22.6 Å². The molecule has 0 saturated heterocycles. The number of para-hydroxylation sites is 1. The summed E-state index contributed by atoms with van der Waals surface area (Å²) in [6.45, 7) is 0. The van der Waals surface area contributed by atoms with E-state index in [2.05, 4.69) is 4.98 Å². The highest BCUT2D eigenvalue weighted by Crippen LogP contribution is 2.25. The molecule has 4 nitrogen and oxygen atoms in total. The fourth-order valence-corrected chi connectivity index (χ4v) is 1.85. The van der Waals surface area contributed by atoms with Crippen LogP contribution in [0.3, 0.4) is 0 Å². The molecule has 1 aromatic heterocycles. The Hall–Kier alpha value is -2.62. The summed E-state index contributed by atoms with van der Waals surface area (Å²) in [6, 6.07) is 14.6. The number of oxazole rings is 1. The first-order valence-corrected chi connectivity index (χ1v) is 5.50. The van der Waals surface area contributed by atoms with Gasteiger partial charge in [-0.2, -0.15) is 0 Å². The number of fused-ring (bicyclic) bond motifs is 1. The minimum Gasteiger partial charge on any atom is -0.436 e.